The Morgan fingerprint density at radius 3 is 2.70 bits per heavy atom. The molecule has 1 amide bonds. The van der Waals surface area contributed by atoms with E-state index in [-0.39, 0.29) is 10.9 Å². The number of halogens is 1. The first-order valence-corrected chi connectivity index (χ1v) is 11.9. The minimum Gasteiger partial charge on any atom is -0.451 e. The number of nitrogens with zero attached hydrogens (tertiary/aromatic N) is 3. The van der Waals surface area contributed by atoms with Crippen LogP contribution in [-0.2, 0) is 12.2 Å². The molecule has 2 heterocycles. The van der Waals surface area contributed by atoms with Gasteiger partial charge in [0.15, 0.2) is 16.7 Å². The minimum atomic E-state index is -0.467. The second-order valence-corrected chi connectivity index (χ2v) is 8.72. The number of benzene rings is 2. The number of hydrogen-bond donors (Lipinski definition) is 2. The van der Waals surface area contributed by atoms with Crippen LogP contribution in [0.15, 0.2) is 76.3 Å². The number of furan rings is 1. The normalized spacial score (nSPS) is 10.7. The topological polar surface area (TPSA) is 85.0 Å². The maximum Gasteiger partial charge on any atom is 0.293 e. The fourth-order valence-electron chi connectivity index (χ4n) is 3.01. The molecular formula is C23H20ClN5O2S2. The van der Waals surface area contributed by atoms with Crippen LogP contribution in [0, 0.1) is 0 Å². The van der Waals surface area contributed by atoms with Gasteiger partial charge < -0.3 is 4.42 Å². The molecule has 4 rings (SSSR count). The third kappa shape index (κ3) is 5.81. The van der Waals surface area contributed by atoms with Gasteiger partial charge in [-0.3, -0.25) is 15.5 Å². The van der Waals surface area contributed by atoms with Crippen molar-refractivity contribution in [1.82, 2.24) is 20.2 Å². The van der Waals surface area contributed by atoms with Gasteiger partial charge >= 0.3 is 0 Å². The Kier molecular flexibility index (Phi) is 7.43. The molecule has 0 bridgehead atoms. The molecule has 168 valence electrons. The van der Waals surface area contributed by atoms with E-state index in [4.69, 9.17) is 28.2 Å². The van der Waals surface area contributed by atoms with Gasteiger partial charge in [-0.1, -0.05) is 72.8 Å². The van der Waals surface area contributed by atoms with Crippen molar-refractivity contribution >= 4 is 46.6 Å². The highest BCUT2D eigenvalue weighted by Gasteiger charge is 2.17. The Balaban J connectivity index is 1.41. The van der Waals surface area contributed by atoms with Crippen LogP contribution in [0.3, 0.4) is 0 Å². The molecule has 10 heteroatoms. The van der Waals surface area contributed by atoms with E-state index in [0.29, 0.717) is 28.2 Å². The highest BCUT2D eigenvalue weighted by atomic mass is 35.5. The highest BCUT2D eigenvalue weighted by Crippen LogP contribution is 2.25. The van der Waals surface area contributed by atoms with Crippen molar-refractivity contribution < 1.29 is 9.21 Å². The molecule has 2 N–H and O–H groups in total. The summed E-state index contributed by atoms with van der Waals surface area (Å²) in [6.07, 6.45) is 0.642. The molecule has 0 radical (unpaired) electrons. The lowest BCUT2D eigenvalue weighted by molar-refractivity contribution is 0.0951. The number of carbonyl (C=O) groups excluding carboxylic acids is 1. The van der Waals surface area contributed by atoms with Crippen molar-refractivity contribution in [2.24, 2.45) is 0 Å². The van der Waals surface area contributed by atoms with Gasteiger partial charge in [0, 0.05) is 22.8 Å². The lowest BCUT2D eigenvalue weighted by Gasteiger charge is -2.13. The smallest absolute Gasteiger partial charge is 0.293 e. The molecule has 0 saturated heterocycles. The van der Waals surface area contributed by atoms with Crippen LogP contribution in [0.1, 0.15) is 28.9 Å². The molecule has 2 aromatic carbocycles. The van der Waals surface area contributed by atoms with Crippen LogP contribution >= 0.6 is 35.6 Å². The summed E-state index contributed by atoms with van der Waals surface area (Å²) in [6, 6.07) is 20.6. The second-order valence-electron chi connectivity index (χ2n) is 6.93. The van der Waals surface area contributed by atoms with Crippen molar-refractivity contribution in [3.8, 4) is 11.3 Å². The largest absolute Gasteiger partial charge is 0.451 e. The Morgan fingerprint density at radius 1 is 1.12 bits per heavy atom. The van der Waals surface area contributed by atoms with E-state index >= 15 is 0 Å². The zero-order valence-electron chi connectivity index (χ0n) is 17.6. The first-order valence-electron chi connectivity index (χ1n) is 10.1. The third-order valence-electron chi connectivity index (χ3n) is 4.61. The summed E-state index contributed by atoms with van der Waals surface area (Å²) in [4.78, 5) is 12.6. The van der Waals surface area contributed by atoms with E-state index in [1.54, 1.807) is 28.9 Å². The van der Waals surface area contributed by atoms with Gasteiger partial charge in [-0.2, -0.15) is 0 Å². The quantitative estimate of drug-likeness (QED) is 0.264. The summed E-state index contributed by atoms with van der Waals surface area (Å²) in [5.41, 5.74) is 4.95. The van der Waals surface area contributed by atoms with Crippen LogP contribution in [0.25, 0.3) is 11.3 Å². The molecule has 0 spiro atoms. The number of thiocarbonyl (C=S) groups is 1. The van der Waals surface area contributed by atoms with Crippen LogP contribution in [0.2, 0.25) is 5.02 Å². The average molecular weight is 498 g/mol. The summed E-state index contributed by atoms with van der Waals surface area (Å²) < 4.78 is 7.38. The van der Waals surface area contributed by atoms with Gasteiger partial charge in [0.2, 0.25) is 5.16 Å². The Bertz CT molecular complexity index is 1270. The van der Waals surface area contributed by atoms with Crippen molar-refractivity contribution in [2.45, 2.75) is 24.3 Å². The minimum absolute atomic E-state index is 0.108. The van der Waals surface area contributed by atoms with Gasteiger partial charge in [-0.25, -0.2) is 4.68 Å². The second kappa shape index (κ2) is 10.7. The van der Waals surface area contributed by atoms with Crippen molar-refractivity contribution in [1.29, 1.82) is 0 Å². The lowest BCUT2D eigenvalue weighted by atomic mass is 10.2. The van der Waals surface area contributed by atoms with E-state index in [2.05, 4.69) is 20.9 Å². The van der Waals surface area contributed by atoms with Crippen LogP contribution in [0.5, 0.6) is 0 Å². The molecule has 2 aromatic heterocycles. The number of hydrogen-bond acceptors (Lipinski definition) is 6. The van der Waals surface area contributed by atoms with Crippen molar-refractivity contribution in [3.63, 3.8) is 0 Å². The fraction of sp³-hybridized carbons (Fsp3) is 0.130. The average Bonchev–Trinajstić information content (AvgIpc) is 3.46. The summed E-state index contributed by atoms with van der Waals surface area (Å²) in [5.74, 6) is 1.62. The molecule has 0 fully saturated rings. The Morgan fingerprint density at radius 2 is 1.94 bits per heavy atom. The monoisotopic (exact) mass is 497 g/mol. The zero-order chi connectivity index (χ0) is 23.2. The van der Waals surface area contributed by atoms with E-state index in [0.717, 1.165) is 11.3 Å². The molecule has 0 aliphatic heterocycles. The van der Waals surface area contributed by atoms with E-state index < -0.39 is 5.91 Å². The SMILES string of the molecule is CCc1nnc(SCc2ccccc2)n1NC(=S)NC(=O)c1ccc(-c2cccc(Cl)c2)o1. The maximum absolute atomic E-state index is 12.6. The zero-order valence-corrected chi connectivity index (χ0v) is 20.0. The summed E-state index contributed by atoms with van der Waals surface area (Å²) in [6.45, 7) is 1.97. The van der Waals surface area contributed by atoms with E-state index in [9.17, 15) is 4.79 Å². The number of aryl methyl sites for hydroxylation is 1. The lowest BCUT2D eigenvalue weighted by Crippen LogP contribution is -2.38. The molecule has 4 aromatic rings. The molecular weight excluding hydrogens is 478 g/mol. The van der Waals surface area contributed by atoms with E-state index in [1.165, 1.54) is 17.3 Å². The third-order valence-corrected chi connectivity index (χ3v) is 6.04. The number of aromatic nitrogens is 3. The van der Waals surface area contributed by atoms with Gasteiger partial charge in [-0.15, -0.1) is 10.2 Å². The number of thioether (sulfide) groups is 1. The number of nitrogens with one attached hydrogen (secondary N) is 2. The van der Waals surface area contributed by atoms with Crippen LogP contribution < -0.4 is 10.7 Å². The molecule has 0 saturated carbocycles. The maximum atomic E-state index is 12.6. The van der Waals surface area contributed by atoms with E-state index in [1.807, 2.05) is 49.4 Å². The summed E-state index contributed by atoms with van der Waals surface area (Å²) in [7, 11) is 0. The van der Waals surface area contributed by atoms with Gasteiger partial charge in [-0.05, 0) is 42.0 Å². The molecule has 0 unspecified atom stereocenters. The van der Waals surface area contributed by atoms with Crippen molar-refractivity contribution in [3.05, 3.63) is 88.9 Å². The number of amides is 1. The fourth-order valence-corrected chi connectivity index (χ4v) is 4.25. The molecule has 33 heavy (non-hydrogen) atoms. The first-order chi connectivity index (χ1) is 16.0. The first kappa shape index (κ1) is 23.0. The highest BCUT2D eigenvalue weighted by molar-refractivity contribution is 7.98. The molecule has 0 aliphatic carbocycles. The molecule has 7 nitrogen and oxygen atoms in total. The number of rotatable bonds is 7. The predicted octanol–water partition coefficient (Wildman–Crippen LogP) is 5.30. The summed E-state index contributed by atoms with van der Waals surface area (Å²) >= 11 is 12.9. The number of carbonyl (C=O) groups is 1. The van der Waals surface area contributed by atoms with Crippen LogP contribution in [0.4, 0.5) is 0 Å². The molecule has 0 aliphatic rings. The Hall–Kier alpha value is -3.14. The Labute approximate surface area is 205 Å². The van der Waals surface area contributed by atoms with Crippen LogP contribution in [-0.4, -0.2) is 25.9 Å². The molecule has 0 atom stereocenters. The predicted molar refractivity (Wildman–Crippen MR) is 134 cm³/mol. The summed E-state index contributed by atoms with van der Waals surface area (Å²) in [5, 5.41) is 12.4. The standard InChI is InChI=1S/C23H20ClN5O2S2/c1-2-20-26-27-23(33-14-15-7-4-3-5-8-15)29(20)28-22(32)25-21(30)19-12-11-18(31-19)16-9-6-10-17(24)13-16/h3-13H,2,14H2,1H3,(H2,25,28,30,32). The van der Waals surface area contributed by atoms with Gasteiger partial charge in [0.05, 0.1) is 0 Å². The van der Waals surface area contributed by atoms with Gasteiger partial charge in [0.25, 0.3) is 5.91 Å². The van der Waals surface area contributed by atoms with Crippen molar-refractivity contribution in [2.75, 3.05) is 5.43 Å². The van der Waals surface area contributed by atoms with Gasteiger partial charge in [0.1, 0.15) is 5.76 Å².